The molecular formula is C13H19N3O2. The zero-order chi connectivity index (χ0) is 12.5. The minimum Gasteiger partial charge on any atom is -0.464 e. The predicted molar refractivity (Wildman–Crippen MR) is 66.1 cm³/mol. The maximum Gasteiger partial charge on any atom is 0.323 e. The number of carbonyl (C=O) groups is 1. The summed E-state index contributed by atoms with van der Waals surface area (Å²) in [6.07, 6.45) is 4.91. The Morgan fingerprint density at radius 1 is 1.33 bits per heavy atom. The number of rotatable bonds is 2. The van der Waals surface area contributed by atoms with Gasteiger partial charge in [0.15, 0.2) is 0 Å². The van der Waals surface area contributed by atoms with Crippen molar-refractivity contribution >= 4 is 5.97 Å². The third kappa shape index (κ3) is 2.03. The van der Waals surface area contributed by atoms with E-state index in [0.29, 0.717) is 12.5 Å². The first-order valence-electron chi connectivity index (χ1n) is 6.64. The van der Waals surface area contributed by atoms with Crippen molar-refractivity contribution in [1.82, 2.24) is 14.7 Å². The monoisotopic (exact) mass is 249 g/mol. The molecule has 1 atom stereocenters. The van der Waals surface area contributed by atoms with Gasteiger partial charge in [-0.25, -0.2) is 0 Å². The summed E-state index contributed by atoms with van der Waals surface area (Å²) in [5.74, 6) is 0.542. The van der Waals surface area contributed by atoms with Crippen LogP contribution in [0.5, 0.6) is 0 Å². The van der Waals surface area contributed by atoms with Gasteiger partial charge >= 0.3 is 5.97 Å². The number of esters is 1. The van der Waals surface area contributed by atoms with Crippen LogP contribution < -0.4 is 0 Å². The molecule has 0 aromatic carbocycles. The van der Waals surface area contributed by atoms with Crippen LogP contribution in [-0.4, -0.2) is 46.4 Å². The zero-order valence-corrected chi connectivity index (χ0v) is 10.7. The average molecular weight is 249 g/mol. The number of piperidine rings is 1. The van der Waals surface area contributed by atoms with Crippen LogP contribution >= 0.6 is 0 Å². The number of aromatic nitrogens is 2. The fourth-order valence-corrected chi connectivity index (χ4v) is 3.11. The molecule has 0 radical (unpaired) electrons. The summed E-state index contributed by atoms with van der Waals surface area (Å²) in [4.78, 5) is 13.8. The van der Waals surface area contributed by atoms with Gasteiger partial charge in [-0.15, -0.1) is 0 Å². The van der Waals surface area contributed by atoms with Gasteiger partial charge in [-0.3, -0.25) is 14.4 Å². The maximum absolute atomic E-state index is 11.6. The molecule has 3 rings (SSSR count). The summed E-state index contributed by atoms with van der Waals surface area (Å²) < 4.78 is 7.00. The van der Waals surface area contributed by atoms with E-state index in [0.717, 1.165) is 32.4 Å². The Morgan fingerprint density at radius 2 is 2.11 bits per heavy atom. The summed E-state index contributed by atoms with van der Waals surface area (Å²) >= 11 is 0. The van der Waals surface area contributed by atoms with E-state index in [2.05, 4.69) is 16.1 Å². The number of nitrogens with zero attached hydrogens (tertiary/aromatic N) is 3. The molecule has 0 saturated carbocycles. The molecule has 1 aromatic rings. The molecule has 2 aliphatic rings. The summed E-state index contributed by atoms with van der Waals surface area (Å²) in [6.45, 7) is 2.55. The number of carbonyl (C=O) groups excluding carboxylic acids is 1. The molecule has 2 fully saturated rings. The van der Waals surface area contributed by atoms with Crippen LogP contribution in [0, 0.1) is 0 Å². The van der Waals surface area contributed by atoms with E-state index >= 15 is 0 Å². The lowest BCUT2D eigenvalue weighted by atomic mass is 9.92. The van der Waals surface area contributed by atoms with Gasteiger partial charge in [-0.1, -0.05) is 0 Å². The topological polar surface area (TPSA) is 47.4 Å². The summed E-state index contributed by atoms with van der Waals surface area (Å²) in [5.41, 5.74) is 1.31. The lowest BCUT2D eigenvalue weighted by Gasteiger charge is -2.34. The number of aryl methyl sites for hydroxylation is 1. The molecule has 18 heavy (non-hydrogen) atoms. The quantitative estimate of drug-likeness (QED) is 0.731. The molecule has 5 heteroatoms. The van der Waals surface area contributed by atoms with E-state index in [1.807, 2.05) is 17.9 Å². The molecule has 5 nitrogen and oxygen atoms in total. The highest BCUT2D eigenvalue weighted by atomic mass is 16.5. The zero-order valence-electron chi connectivity index (χ0n) is 10.7. The molecule has 0 N–H and O–H groups in total. The Bertz CT molecular complexity index is 435. The lowest BCUT2D eigenvalue weighted by Crippen LogP contribution is -2.43. The van der Waals surface area contributed by atoms with Crippen molar-refractivity contribution in [2.75, 3.05) is 19.7 Å². The Morgan fingerprint density at radius 3 is 2.67 bits per heavy atom. The van der Waals surface area contributed by atoms with Crippen molar-refractivity contribution in [3.05, 3.63) is 18.0 Å². The molecule has 3 heterocycles. The van der Waals surface area contributed by atoms with Gasteiger partial charge in [0, 0.05) is 31.3 Å². The van der Waals surface area contributed by atoms with E-state index in [9.17, 15) is 4.79 Å². The highest BCUT2D eigenvalue weighted by molar-refractivity contribution is 5.77. The van der Waals surface area contributed by atoms with Gasteiger partial charge in [-0.2, -0.15) is 5.10 Å². The van der Waals surface area contributed by atoms with Gasteiger partial charge in [0.2, 0.25) is 0 Å². The minimum absolute atomic E-state index is 0.0116. The van der Waals surface area contributed by atoms with Gasteiger partial charge in [0.05, 0.1) is 6.61 Å². The van der Waals surface area contributed by atoms with E-state index < -0.39 is 0 Å². The van der Waals surface area contributed by atoms with Crippen molar-refractivity contribution in [3.63, 3.8) is 0 Å². The third-order valence-electron chi connectivity index (χ3n) is 4.16. The number of hydrogen-bond donors (Lipinski definition) is 0. The van der Waals surface area contributed by atoms with Crippen molar-refractivity contribution in [2.24, 2.45) is 7.05 Å². The summed E-state index contributed by atoms with van der Waals surface area (Å²) in [5, 5.41) is 4.23. The van der Waals surface area contributed by atoms with Gasteiger partial charge in [0.1, 0.15) is 6.04 Å². The number of likely N-dealkylation sites (tertiary alicyclic amines) is 1. The van der Waals surface area contributed by atoms with Crippen LogP contribution in [-0.2, 0) is 16.6 Å². The molecule has 1 aromatic heterocycles. The average Bonchev–Trinajstić information content (AvgIpc) is 2.98. The minimum atomic E-state index is -0.0333. The molecule has 0 spiro atoms. The first-order chi connectivity index (χ1) is 8.75. The number of cyclic esters (lactones) is 1. The highest BCUT2D eigenvalue weighted by Gasteiger charge is 2.34. The van der Waals surface area contributed by atoms with Crippen molar-refractivity contribution in [2.45, 2.75) is 31.2 Å². The van der Waals surface area contributed by atoms with Crippen LogP contribution in [0.2, 0.25) is 0 Å². The van der Waals surface area contributed by atoms with E-state index in [1.165, 1.54) is 5.69 Å². The smallest absolute Gasteiger partial charge is 0.323 e. The lowest BCUT2D eigenvalue weighted by molar-refractivity contribution is -0.142. The molecule has 0 unspecified atom stereocenters. The summed E-state index contributed by atoms with van der Waals surface area (Å²) in [7, 11) is 2.00. The van der Waals surface area contributed by atoms with Crippen LogP contribution in [0.4, 0.5) is 0 Å². The molecule has 98 valence electrons. The van der Waals surface area contributed by atoms with E-state index in [1.54, 1.807) is 0 Å². The van der Waals surface area contributed by atoms with E-state index in [4.69, 9.17) is 4.74 Å². The number of hydrogen-bond acceptors (Lipinski definition) is 4. The molecule has 2 aliphatic heterocycles. The number of ether oxygens (including phenoxy) is 1. The third-order valence-corrected chi connectivity index (χ3v) is 4.16. The first kappa shape index (κ1) is 11.7. The highest BCUT2D eigenvalue weighted by Crippen LogP contribution is 2.29. The van der Waals surface area contributed by atoms with Gasteiger partial charge < -0.3 is 4.74 Å². The SMILES string of the molecule is Cn1nccc1C1CCN([C@H]2CCOC2=O)CC1. The van der Waals surface area contributed by atoms with Crippen LogP contribution in [0.3, 0.4) is 0 Å². The van der Waals surface area contributed by atoms with Crippen LogP contribution in [0.25, 0.3) is 0 Å². The van der Waals surface area contributed by atoms with Crippen molar-refractivity contribution < 1.29 is 9.53 Å². The summed E-state index contributed by atoms with van der Waals surface area (Å²) in [6, 6.07) is 2.11. The Labute approximate surface area is 107 Å². The molecule has 2 saturated heterocycles. The molecule has 0 aliphatic carbocycles. The Kier molecular flexibility index (Phi) is 3.07. The van der Waals surface area contributed by atoms with Gasteiger partial charge in [0.25, 0.3) is 0 Å². The normalized spacial score (nSPS) is 26.5. The van der Waals surface area contributed by atoms with Crippen LogP contribution in [0.1, 0.15) is 30.9 Å². The van der Waals surface area contributed by atoms with Crippen LogP contribution in [0.15, 0.2) is 12.3 Å². The first-order valence-corrected chi connectivity index (χ1v) is 6.64. The van der Waals surface area contributed by atoms with Crippen molar-refractivity contribution in [3.8, 4) is 0 Å². The second-order valence-electron chi connectivity index (χ2n) is 5.16. The standard InChI is InChI=1S/C13H19N3O2/c1-15-11(2-6-14-15)10-3-7-16(8-4-10)12-5-9-18-13(12)17/h2,6,10,12H,3-5,7-9H2,1H3/t12-/m0/s1. The second kappa shape index (κ2) is 4.72. The van der Waals surface area contributed by atoms with Crippen molar-refractivity contribution in [1.29, 1.82) is 0 Å². The molecule has 0 amide bonds. The second-order valence-corrected chi connectivity index (χ2v) is 5.16. The van der Waals surface area contributed by atoms with Gasteiger partial charge in [-0.05, 0) is 32.0 Å². The molecular weight excluding hydrogens is 230 g/mol. The predicted octanol–water partition coefficient (Wildman–Crippen LogP) is 0.915. The fourth-order valence-electron chi connectivity index (χ4n) is 3.11. The molecule has 0 bridgehead atoms. The largest absolute Gasteiger partial charge is 0.464 e. The maximum atomic E-state index is 11.6. The Hall–Kier alpha value is -1.36. The Balaban J connectivity index is 1.61. The fraction of sp³-hybridized carbons (Fsp3) is 0.692. The van der Waals surface area contributed by atoms with E-state index in [-0.39, 0.29) is 12.0 Å².